The van der Waals surface area contributed by atoms with Gasteiger partial charge >= 0.3 is 0 Å². The monoisotopic (exact) mass is 482 g/mol. The first-order chi connectivity index (χ1) is 14.8. The van der Waals surface area contributed by atoms with Gasteiger partial charge in [0.05, 0.1) is 16.3 Å². The van der Waals surface area contributed by atoms with E-state index in [2.05, 4.69) is 20.5 Å². The Labute approximate surface area is 197 Å². The number of likely N-dealkylation sites (tertiary alicyclic amines) is 1. The highest BCUT2D eigenvalue weighted by molar-refractivity contribution is 7.13. The van der Waals surface area contributed by atoms with Gasteiger partial charge in [0.15, 0.2) is 5.13 Å². The van der Waals surface area contributed by atoms with Crippen molar-refractivity contribution in [3.05, 3.63) is 44.9 Å². The quantitative estimate of drug-likeness (QED) is 0.540. The molecule has 1 aromatic carbocycles. The number of carbonyl (C=O) groups is 2. The molecule has 0 saturated carbocycles. The van der Waals surface area contributed by atoms with Gasteiger partial charge in [0.2, 0.25) is 5.91 Å². The predicted octanol–water partition coefficient (Wildman–Crippen LogP) is 5.22. The minimum atomic E-state index is -0.700. The standard InChI is InChI=1S/C22H28Cl2N4O2S/c1-14(2)10-19(26-20(29)17-7-6-15(23)11-18(17)24)21(30)27-22-25-16(13-31-22)12-28-8-4-3-5-9-28/h6-7,11,13-14,19H,3-5,8-10,12H2,1-2H3,(H,26,29)(H,25,27,30). The molecule has 9 heteroatoms. The maximum absolute atomic E-state index is 12.9. The summed E-state index contributed by atoms with van der Waals surface area (Å²) in [5.41, 5.74) is 1.24. The molecule has 1 aromatic heterocycles. The Kier molecular flexibility index (Phi) is 8.72. The van der Waals surface area contributed by atoms with Crippen LogP contribution in [0, 0.1) is 5.92 Å². The van der Waals surface area contributed by atoms with Gasteiger partial charge in [-0.25, -0.2) is 4.98 Å². The molecule has 2 heterocycles. The lowest BCUT2D eigenvalue weighted by Gasteiger charge is -2.25. The van der Waals surface area contributed by atoms with Gasteiger partial charge in [0, 0.05) is 16.9 Å². The summed E-state index contributed by atoms with van der Waals surface area (Å²) in [5.74, 6) is -0.485. The maximum Gasteiger partial charge on any atom is 0.253 e. The number of nitrogens with one attached hydrogen (secondary N) is 2. The highest BCUT2D eigenvalue weighted by atomic mass is 35.5. The third-order valence-electron chi connectivity index (χ3n) is 5.12. The van der Waals surface area contributed by atoms with Gasteiger partial charge in [-0.1, -0.05) is 43.5 Å². The van der Waals surface area contributed by atoms with Gasteiger partial charge in [0.25, 0.3) is 5.91 Å². The molecular weight excluding hydrogens is 455 g/mol. The summed E-state index contributed by atoms with van der Waals surface area (Å²) in [7, 11) is 0. The Morgan fingerprint density at radius 3 is 2.61 bits per heavy atom. The number of hydrogen-bond acceptors (Lipinski definition) is 5. The lowest BCUT2D eigenvalue weighted by Crippen LogP contribution is -2.44. The van der Waals surface area contributed by atoms with Crippen molar-refractivity contribution >= 4 is 51.5 Å². The van der Waals surface area contributed by atoms with E-state index in [0.717, 1.165) is 25.3 Å². The zero-order valence-corrected chi connectivity index (χ0v) is 20.1. The molecule has 0 spiro atoms. The normalized spacial score (nSPS) is 15.6. The van der Waals surface area contributed by atoms with Crippen LogP contribution >= 0.6 is 34.5 Å². The van der Waals surface area contributed by atoms with Crippen LogP contribution < -0.4 is 10.6 Å². The minimum Gasteiger partial charge on any atom is -0.340 e. The fraction of sp³-hybridized carbons (Fsp3) is 0.500. The molecule has 0 bridgehead atoms. The fourth-order valence-corrected chi connectivity index (χ4v) is 4.79. The van der Waals surface area contributed by atoms with Crippen LogP contribution in [0.2, 0.25) is 10.0 Å². The highest BCUT2D eigenvalue weighted by Gasteiger charge is 2.24. The molecule has 3 rings (SSSR count). The number of thiazole rings is 1. The van der Waals surface area contributed by atoms with Gasteiger partial charge < -0.3 is 10.6 Å². The Hall–Kier alpha value is -1.67. The predicted molar refractivity (Wildman–Crippen MR) is 127 cm³/mol. The summed E-state index contributed by atoms with van der Waals surface area (Å²) in [4.78, 5) is 32.6. The second kappa shape index (κ2) is 11.3. The summed E-state index contributed by atoms with van der Waals surface area (Å²) in [6.07, 6.45) is 4.23. The third kappa shape index (κ3) is 7.17. The summed E-state index contributed by atoms with van der Waals surface area (Å²) in [6, 6.07) is 3.96. The van der Waals surface area contributed by atoms with Crippen molar-refractivity contribution in [3.63, 3.8) is 0 Å². The number of hydrogen-bond donors (Lipinski definition) is 2. The molecule has 6 nitrogen and oxygen atoms in total. The molecule has 1 unspecified atom stereocenters. The second-order valence-electron chi connectivity index (χ2n) is 8.25. The van der Waals surface area contributed by atoms with E-state index < -0.39 is 11.9 Å². The van der Waals surface area contributed by atoms with Crippen LogP contribution in [0.3, 0.4) is 0 Å². The molecular formula is C22H28Cl2N4O2S. The zero-order valence-electron chi connectivity index (χ0n) is 17.8. The lowest BCUT2D eigenvalue weighted by atomic mass is 10.0. The SMILES string of the molecule is CC(C)CC(NC(=O)c1ccc(Cl)cc1Cl)C(=O)Nc1nc(CN2CCCCC2)cs1. The van der Waals surface area contributed by atoms with Gasteiger partial charge in [0.1, 0.15) is 6.04 Å². The first-order valence-corrected chi connectivity index (χ1v) is 12.2. The van der Waals surface area contributed by atoms with E-state index in [4.69, 9.17) is 23.2 Å². The molecule has 1 fully saturated rings. The van der Waals surface area contributed by atoms with Gasteiger partial charge in [-0.05, 0) is 56.5 Å². The van der Waals surface area contributed by atoms with Crippen molar-refractivity contribution in [2.75, 3.05) is 18.4 Å². The van der Waals surface area contributed by atoms with E-state index in [-0.39, 0.29) is 22.4 Å². The summed E-state index contributed by atoms with van der Waals surface area (Å²) >= 11 is 13.5. The maximum atomic E-state index is 12.9. The van der Waals surface area contributed by atoms with Crippen molar-refractivity contribution in [1.29, 1.82) is 0 Å². The summed E-state index contributed by atoms with van der Waals surface area (Å²) in [5, 5.41) is 8.89. The number of piperidine rings is 1. The first kappa shape index (κ1) is 24.0. The topological polar surface area (TPSA) is 74.3 Å². The van der Waals surface area contributed by atoms with Crippen molar-refractivity contribution in [2.45, 2.75) is 52.1 Å². The van der Waals surface area contributed by atoms with Crippen LogP contribution in [0.4, 0.5) is 5.13 Å². The number of benzene rings is 1. The van der Waals surface area contributed by atoms with E-state index in [1.165, 1.54) is 36.7 Å². The van der Waals surface area contributed by atoms with E-state index in [9.17, 15) is 9.59 Å². The number of anilines is 1. The fourth-order valence-electron chi connectivity index (χ4n) is 3.59. The van der Waals surface area contributed by atoms with Crippen LogP contribution in [0.5, 0.6) is 0 Å². The minimum absolute atomic E-state index is 0.211. The molecule has 1 saturated heterocycles. The van der Waals surface area contributed by atoms with Crippen molar-refractivity contribution < 1.29 is 9.59 Å². The number of halogens is 2. The van der Waals surface area contributed by atoms with Gasteiger partial charge in [-0.15, -0.1) is 11.3 Å². The van der Waals surface area contributed by atoms with Crippen molar-refractivity contribution in [1.82, 2.24) is 15.2 Å². The van der Waals surface area contributed by atoms with E-state index in [1.54, 1.807) is 12.1 Å². The number of rotatable bonds is 8. The average molecular weight is 483 g/mol. The van der Waals surface area contributed by atoms with Crippen LogP contribution in [-0.2, 0) is 11.3 Å². The van der Waals surface area contributed by atoms with Crippen molar-refractivity contribution in [2.24, 2.45) is 5.92 Å². The highest BCUT2D eigenvalue weighted by Crippen LogP contribution is 2.22. The molecule has 31 heavy (non-hydrogen) atoms. The summed E-state index contributed by atoms with van der Waals surface area (Å²) in [6.45, 7) is 6.99. The van der Waals surface area contributed by atoms with E-state index in [0.29, 0.717) is 16.6 Å². The van der Waals surface area contributed by atoms with Gasteiger partial charge in [-0.3, -0.25) is 14.5 Å². The molecule has 2 N–H and O–H groups in total. The molecule has 0 radical (unpaired) electrons. The Morgan fingerprint density at radius 1 is 1.19 bits per heavy atom. The molecule has 2 aromatic rings. The molecule has 1 aliphatic heterocycles. The summed E-state index contributed by atoms with van der Waals surface area (Å²) < 4.78 is 0. The van der Waals surface area contributed by atoms with Crippen LogP contribution in [0.15, 0.2) is 23.6 Å². The first-order valence-electron chi connectivity index (χ1n) is 10.6. The third-order valence-corrected chi connectivity index (χ3v) is 6.48. The molecule has 2 amide bonds. The zero-order chi connectivity index (χ0) is 22.4. The molecule has 1 atom stereocenters. The number of nitrogens with zero attached hydrogens (tertiary/aromatic N) is 2. The van der Waals surface area contributed by atoms with Crippen molar-refractivity contribution in [3.8, 4) is 0 Å². The molecule has 168 valence electrons. The largest absolute Gasteiger partial charge is 0.340 e. The Balaban J connectivity index is 1.63. The van der Waals surface area contributed by atoms with Crippen LogP contribution in [0.1, 0.15) is 55.6 Å². The molecule has 0 aliphatic carbocycles. The Bertz CT molecular complexity index is 913. The number of aromatic nitrogens is 1. The number of carbonyl (C=O) groups excluding carboxylic acids is 2. The number of amides is 2. The molecule has 1 aliphatic rings. The Morgan fingerprint density at radius 2 is 1.94 bits per heavy atom. The lowest BCUT2D eigenvalue weighted by molar-refractivity contribution is -0.118. The van der Waals surface area contributed by atoms with Gasteiger partial charge in [-0.2, -0.15) is 0 Å². The van der Waals surface area contributed by atoms with E-state index in [1.807, 2.05) is 19.2 Å². The second-order valence-corrected chi connectivity index (χ2v) is 9.95. The van der Waals surface area contributed by atoms with Crippen LogP contribution in [0.25, 0.3) is 0 Å². The average Bonchev–Trinajstić information content (AvgIpc) is 3.14. The van der Waals surface area contributed by atoms with Crippen LogP contribution in [-0.4, -0.2) is 40.8 Å². The van der Waals surface area contributed by atoms with E-state index >= 15 is 0 Å². The smallest absolute Gasteiger partial charge is 0.253 e.